The lowest BCUT2D eigenvalue weighted by Gasteiger charge is -2.34. The SMILES string of the molecule is CC(=O)Nc1cccc(NC2CCCCC2C(F)(F)F)c1. The number of alkyl halides is 3. The van der Waals surface area contributed by atoms with Crippen molar-refractivity contribution in [2.24, 2.45) is 5.92 Å². The van der Waals surface area contributed by atoms with Gasteiger partial charge in [-0.2, -0.15) is 13.2 Å². The predicted molar refractivity (Wildman–Crippen MR) is 76.2 cm³/mol. The summed E-state index contributed by atoms with van der Waals surface area (Å²) in [4.78, 5) is 11.0. The molecule has 2 N–H and O–H groups in total. The van der Waals surface area contributed by atoms with E-state index in [1.807, 2.05) is 0 Å². The zero-order valence-corrected chi connectivity index (χ0v) is 11.8. The second-order valence-electron chi connectivity index (χ2n) is 5.45. The Labute approximate surface area is 121 Å². The van der Waals surface area contributed by atoms with Gasteiger partial charge < -0.3 is 10.6 Å². The first kappa shape index (κ1) is 15.7. The fourth-order valence-electron chi connectivity index (χ4n) is 2.80. The molecule has 1 amide bonds. The summed E-state index contributed by atoms with van der Waals surface area (Å²) in [6.45, 7) is 1.39. The van der Waals surface area contributed by atoms with Crippen molar-refractivity contribution in [1.82, 2.24) is 0 Å². The molecule has 21 heavy (non-hydrogen) atoms. The van der Waals surface area contributed by atoms with Crippen LogP contribution >= 0.6 is 0 Å². The van der Waals surface area contributed by atoms with Gasteiger partial charge in [-0.3, -0.25) is 4.79 Å². The van der Waals surface area contributed by atoms with E-state index >= 15 is 0 Å². The van der Waals surface area contributed by atoms with Gasteiger partial charge in [-0.15, -0.1) is 0 Å². The Kier molecular flexibility index (Phi) is 4.75. The molecule has 2 unspecified atom stereocenters. The van der Waals surface area contributed by atoms with E-state index in [0.29, 0.717) is 24.2 Å². The Morgan fingerprint density at radius 2 is 1.86 bits per heavy atom. The van der Waals surface area contributed by atoms with Crippen LogP contribution in [0.4, 0.5) is 24.5 Å². The van der Waals surface area contributed by atoms with Crippen molar-refractivity contribution >= 4 is 17.3 Å². The predicted octanol–water partition coefficient (Wildman–Crippen LogP) is 4.18. The van der Waals surface area contributed by atoms with Crippen LogP contribution in [0.15, 0.2) is 24.3 Å². The highest BCUT2D eigenvalue weighted by molar-refractivity contribution is 5.89. The molecule has 0 saturated heterocycles. The van der Waals surface area contributed by atoms with E-state index in [0.717, 1.165) is 6.42 Å². The first-order chi connectivity index (χ1) is 9.86. The maximum atomic E-state index is 13.0. The lowest BCUT2D eigenvalue weighted by molar-refractivity contribution is -0.184. The number of carbonyl (C=O) groups is 1. The number of amides is 1. The Hall–Kier alpha value is -1.72. The molecule has 1 saturated carbocycles. The molecule has 1 fully saturated rings. The monoisotopic (exact) mass is 300 g/mol. The van der Waals surface area contributed by atoms with Crippen LogP contribution in [0.25, 0.3) is 0 Å². The van der Waals surface area contributed by atoms with Crippen LogP contribution in [0.2, 0.25) is 0 Å². The molecule has 1 aliphatic carbocycles. The molecule has 0 aromatic heterocycles. The first-order valence-corrected chi connectivity index (χ1v) is 7.07. The minimum absolute atomic E-state index is 0.173. The molecule has 0 heterocycles. The average molecular weight is 300 g/mol. The van der Waals surface area contributed by atoms with Gasteiger partial charge in [-0.05, 0) is 31.0 Å². The van der Waals surface area contributed by atoms with Gasteiger partial charge in [-0.1, -0.05) is 18.9 Å². The van der Waals surface area contributed by atoms with Gasteiger partial charge in [0.25, 0.3) is 0 Å². The molecular formula is C15H19F3N2O. The second kappa shape index (κ2) is 6.37. The molecule has 1 aromatic carbocycles. The molecule has 116 valence electrons. The largest absolute Gasteiger partial charge is 0.393 e. The van der Waals surface area contributed by atoms with Crippen LogP contribution in [0.5, 0.6) is 0 Å². The van der Waals surface area contributed by atoms with Crippen molar-refractivity contribution < 1.29 is 18.0 Å². The number of halogens is 3. The van der Waals surface area contributed by atoms with E-state index in [4.69, 9.17) is 0 Å². The number of rotatable bonds is 3. The second-order valence-corrected chi connectivity index (χ2v) is 5.45. The Morgan fingerprint density at radius 1 is 1.19 bits per heavy atom. The fourth-order valence-corrected chi connectivity index (χ4v) is 2.80. The molecule has 6 heteroatoms. The molecule has 0 bridgehead atoms. The smallest absolute Gasteiger partial charge is 0.382 e. The highest BCUT2D eigenvalue weighted by atomic mass is 19.4. The van der Waals surface area contributed by atoms with Gasteiger partial charge in [0, 0.05) is 24.3 Å². The number of anilines is 2. The van der Waals surface area contributed by atoms with E-state index in [2.05, 4.69) is 10.6 Å². The summed E-state index contributed by atoms with van der Waals surface area (Å²) >= 11 is 0. The maximum Gasteiger partial charge on any atom is 0.393 e. The zero-order valence-electron chi connectivity index (χ0n) is 11.8. The third-order valence-electron chi connectivity index (χ3n) is 3.72. The zero-order chi connectivity index (χ0) is 15.5. The van der Waals surface area contributed by atoms with Crippen molar-refractivity contribution in [1.29, 1.82) is 0 Å². The summed E-state index contributed by atoms with van der Waals surface area (Å²) < 4.78 is 39.1. The quantitative estimate of drug-likeness (QED) is 0.879. The van der Waals surface area contributed by atoms with Crippen LogP contribution < -0.4 is 10.6 Å². The van der Waals surface area contributed by atoms with Crippen LogP contribution in [-0.2, 0) is 4.79 Å². The molecule has 1 aliphatic rings. The van der Waals surface area contributed by atoms with Crippen molar-refractivity contribution in [3.8, 4) is 0 Å². The minimum atomic E-state index is -4.17. The molecule has 0 radical (unpaired) electrons. The third-order valence-corrected chi connectivity index (χ3v) is 3.72. The van der Waals surface area contributed by atoms with E-state index in [-0.39, 0.29) is 12.3 Å². The Morgan fingerprint density at radius 3 is 2.52 bits per heavy atom. The van der Waals surface area contributed by atoms with Crippen LogP contribution in [-0.4, -0.2) is 18.1 Å². The number of hydrogen-bond donors (Lipinski definition) is 2. The summed E-state index contributed by atoms with van der Waals surface area (Å²) in [5.74, 6) is -1.52. The van der Waals surface area contributed by atoms with Crippen molar-refractivity contribution in [3.05, 3.63) is 24.3 Å². The Bertz CT molecular complexity index is 502. The topological polar surface area (TPSA) is 41.1 Å². The third kappa shape index (κ3) is 4.37. The fraction of sp³-hybridized carbons (Fsp3) is 0.533. The van der Waals surface area contributed by atoms with E-state index in [1.54, 1.807) is 24.3 Å². The van der Waals surface area contributed by atoms with Crippen LogP contribution in [0.3, 0.4) is 0 Å². The molecule has 0 aliphatic heterocycles. The van der Waals surface area contributed by atoms with Crippen molar-refractivity contribution in [2.75, 3.05) is 10.6 Å². The van der Waals surface area contributed by atoms with Crippen LogP contribution in [0, 0.1) is 5.92 Å². The minimum Gasteiger partial charge on any atom is -0.382 e. The Balaban J connectivity index is 2.10. The molecule has 3 nitrogen and oxygen atoms in total. The highest BCUT2D eigenvalue weighted by Gasteiger charge is 2.45. The number of hydrogen-bond acceptors (Lipinski definition) is 2. The normalized spacial score (nSPS) is 22.7. The van der Waals surface area contributed by atoms with Crippen molar-refractivity contribution in [3.63, 3.8) is 0 Å². The number of benzene rings is 1. The van der Waals surface area contributed by atoms with Gasteiger partial charge in [0.15, 0.2) is 0 Å². The summed E-state index contributed by atoms with van der Waals surface area (Å²) in [5.41, 5.74) is 1.18. The van der Waals surface area contributed by atoms with E-state index < -0.39 is 18.1 Å². The summed E-state index contributed by atoms with van der Waals surface area (Å²) in [6.07, 6.45) is -2.07. The lowest BCUT2D eigenvalue weighted by atomic mass is 9.84. The van der Waals surface area contributed by atoms with Gasteiger partial charge >= 0.3 is 6.18 Å². The molecule has 2 atom stereocenters. The van der Waals surface area contributed by atoms with E-state index in [1.165, 1.54) is 6.92 Å². The first-order valence-electron chi connectivity index (χ1n) is 7.07. The van der Waals surface area contributed by atoms with Gasteiger partial charge in [-0.25, -0.2) is 0 Å². The molecule has 0 spiro atoms. The van der Waals surface area contributed by atoms with E-state index in [9.17, 15) is 18.0 Å². The standard InChI is InChI=1S/C15H19F3N2O/c1-10(21)19-11-5-4-6-12(9-11)20-14-8-3-2-7-13(14)15(16,17)18/h4-6,9,13-14,20H,2-3,7-8H2,1H3,(H,19,21). The van der Waals surface area contributed by atoms with Crippen LogP contribution in [0.1, 0.15) is 32.6 Å². The molecule has 2 rings (SSSR count). The molecule has 1 aromatic rings. The van der Waals surface area contributed by atoms with Gasteiger partial charge in [0.05, 0.1) is 5.92 Å². The number of carbonyl (C=O) groups excluding carboxylic acids is 1. The molecular weight excluding hydrogens is 281 g/mol. The van der Waals surface area contributed by atoms with Gasteiger partial charge in [0.1, 0.15) is 0 Å². The summed E-state index contributed by atoms with van der Waals surface area (Å²) in [6, 6.07) is 6.18. The average Bonchev–Trinajstić information content (AvgIpc) is 2.37. The highest BCUT2D eigenvalue weighted by Crippen LogP contribution is 2.39. The van der Waals surface area contributed by atoms with Gasteiger partial charge in [0.2, 0.25) is 5.91 Å². The summed E-state index contributed by atoms with van der Waals surface area (Å²) in [5, 5.41) is 5.60. The number of nitrogens with one attached hydrogen (secondary N) is 2. The maximum absolute atomic E-state index is 13.0. The summed E-state index contributed by atoms with van der Waals surface area (Å²) in [7, 11) is 0. The van der Waals surface area contributed by atoms with Crippen molar-refractivity contribution in [2.45, 2.75) is 44.8 Å². The lowest BCUT2D eigenvalue weighted by Crippen LogP contribution is -2.41.